The molecule has 0 bridgehead atoms. The summed E-state index contributed by atoms with van der Waals surface area (Å²) in [7, 11) is 0. The zero-order valence-corrected chi connectivity index (χ0v) is 22.7. The first kappa shape index (κ1) is 23.9. The fourth-order valence-corrected chi connectivity index (χ4v) is 7.69. The number of carbonyl (C=O) groups is 2. The van der Waals surface area contributed by atoms with Gasteiger partial charge in [0, 0.05) is 27.2 Å². The van der Waals surface area contributed by atoms with Crippen molar-refractivity contribution in [2.24, 2.45) is 23.2 Å². The number of aromatic nitrogens is 1. The van der Waals surface area contributed by atoms with E-state index < -0.39 is 0 Å². The zero-order valence-electron chi connectivity index (χ0n) is 21.1. The number of hydrogen-bond donors (Lipinski definition) is 0. The minimum Gasteiger partial charge on any atom is -0.489 e. The van der Waals surface area contributed by atoms with Crippen molar-refractivity contribution < 1.29 is 14.3 Å². The van der Waals surface area contributed by atoms with Crippen molar-refractivity contribution in [3.8, 4) is 16.9 Å². The fourth-order valence-electron chi connectivity index (χ4n) is 6.29. The Morgan fingerprint density at radius 3 is 2.56 bits per heavy atom. The number of rotatable bonds is 5. The lowest BCUT2D eigenvalue weighted by atomic mass is 9.88. The van der Waals surface area contributed by atoms with E-state index in [4.69, 9.17) is 16.3 Å². The topological polar surface area (TPSA) is 59.5 Å². The van der Waals surface area contributed by atoms with Gasteiger partial charge in [-0.15, -0.1) is 11.3 Å². The number of pyridine rings is 1. The van der Waals surface area contributed by atoms with Crippen molar-refractivity contribution >= 4 is 45.0 Å². The maximum absolute atomic E-state index is 12.9. The molecule has 1 aromatic carbocycles. The summed E-state index contributed by atoms with van der Waals surface area (Å²) in [4.78, 5) is 32.7. The Bertz CT molecular complexity index is 1370. The van der Waals surface area contributed by atoms with Crippen LogP contribution in [0.25, 0.3) is 21.3 Å². The molecule has 0 spiro atoms. The summed E-state index contributed by atoms with van der Waals surface area (Å²) in [5.74, 6) is 0.993. The second-order valence-electron chi connectivity index (χ2n) is 11.3. The van der Waals surface area contributed by atoms with Crippen LogP contribution in [0.5, 0.6) is 5.75 Å². The SMILES string of the molecule is Cc1cc(Cl)cc(-c2ccnc3cc(CN4C(=O)C5C(C4=O)C5(C)C)sc23)c1O[C@@H]1CCCC[C@@H]1C. The molecule has 3 aromatic rings. The number of likely N-dealkylation sites (tertiary alicyclic amines) is 1. The van der Waals surface area contributed by atoms with Gasteiger partial charge in [-0.2, -0.15) is 0 Å². The van der Waals surface area contributed by atoms with Gasteiger partial charge in [0.15, 0.2) is 0 Å². The van der Waals surface area contributed by atoms with Gasteiger partial charge in [0.25, 0.3) is 0 Å². The molecule has 5 nitrogen and oxygen atoms in total. The van der Waals surface area contributed by atoms with Crippen LogP contribution in [0.1, 0.15) is 56.9 Å². The number of imide groups is 1. The molecule has 0 N–H and O–H groups in total. The predicted octanol–water partition coefficient (Wildman–Crippen LogP) is 7.02. The van der Waals surface area contributed by atoms with E-state index in [2.05, 4.69) is 11.9 Å². The minimum absolute atomic E-state index is 0.0385. The van der Waals surface area contributed by atoms with Crippen LogP contribution < -0.4 is 4.74 Å². The van der Waals surface area contributed by atoms with Crippen molar-refractivity contribution in [1.82, 2.24) is 9.88 Å². The minimum atomic E-state index is -0.198. The summed E-state index contributed by atoms with van der Waals surface area (Å²) in [6.07, 6.45) is 6.70. The first-order valence-electron chi connectivity index (χ1n) is 12.9. The van der Waals surface area contributed by atoms with Gasteiger partial charge in [0.1, 0.15) is 11.9 Å². The van der Waals surface area contributed by atoms with Gasteiger partial charge in [0.05, 0.1) is 28.6 Å². The highest BCUT2D eigenvalue weighted by Gasteiger charge is 2.72. The smallest absolute Gasteiger partial charge is 0.234 e. The summed E-state index contributed by atoms with van der Waals surface area (Å²) < 4.78 is 7.71. The standard InChI is InChI=1S/C29H31ClN2O3S/c1-15-7-5-6-8-22(15)35-25-16(2)11-17(30)12-20(25)19-9-10-31-21-13-18(36-26(19)21)14-32-27(33)23-24(28(32)34)29(23,3)4/h9-13,15,22-24H,5-8,14H2,1-4H3/t15-,22+,23?,24?/m0/s1. The number of ether oxygens (including phenoxy) is 1. The van der Waals surface area contributed by atoms with Gasteiger partial charge in [0.2, 0.25) is 11.8 Å². The second kappa shape index (κ2) is 8.56. The van der Waals surface area contributed by atoms with Crippen LogP contribution in [-0.4, -0.2) is 27.8 Å². The zero-order chi connectivity index (χ0) is 25.4. The molecule has 2 saturated carbocycles. The van der Waals surface area contributed by atoms with Crippen molar-refractivity contribution in [3.63, 3.8) is 0 Å². The highest BCUT2D eigenvalue weighted by molar-refractivity contribution is 7.19. The van der Waals surface area contributed by atoms with Gasteiger partial charge in [-0.05, 0) is 67.3 Å². The van der Waals surface area contributed by atoms with Crippen molar-refractivity contribution in [1.29, 1.82) is 0 Å². The maximum Gasteiger partial charge on any atom is 0.234 e. The van der Waals surface area contributed by atoms with Gasteiger partial charge >= 0.3 is 0 Å². The number of benzene rings is 1. The van der Waals surface area contributed by atoms with Crippen LogP contribution in [0.4, 0.5) is 0 Å². The Balaban J connectivity index is 1.36. The summed E-state index contributed by atoms with van der Waals surface area (Å²) in [5.41, 5.74) is 3.66. The van der Waals surface area contributed by atoms with E-state index >= 15 is 0 Å². The summed E-state index contributed by atoms with van der Waals surface area (Å²) in [6, 6.07) is 7.95. The van der Waals surface area contributed by atoms with E-state index in [0.717, 1.165) is 44.0 Å². The van der Waals surface area contributed by atoms with E-state index in [-0.39, 0.29) is 35.2 Å². The monoisotopic (exact) mass is 522 g/mol. The van der Waals surface area contributed by atoms with Gasteiger partial charge in [-0.1, -0.05) is 38.8 Å². The molecule has 2 amide bonds. The lowest BCUT2D eigenvalue weighted by Crippen LogP contribution is -2.35. The second-order valence-corrected chi connectivity index (χ2v) is 12.9. The van der Waals surface area contributed by atoms with Gasteiger partial charge < -0.3 is 4.74 Å². The number of nitrogens with zero attached hydrogens (tertiary/aromatic N) is 2. The number of carbonyl (C=O) groups excluding carboxylic acids is 2. The molecule has 188 valence electrons. The first-order valence-corrected chi connectivity index (χ1v) is 14.1. The third-order valence-corrected chi connectivity index (χ3v) is 9.86. The summed E-state index contributed by atoms with van der Waals surface area (Å²) in [5, 5.41) is 0.670. The van der Waals surface area contributed by atoms with Crippen molar-refractivity contribution in [3.05, 3.63) is 45.9 Å². The van der Waals surface area contributed by atoms with Crippen LogP contribution in [-0.2, 0) is 16.1 Å². The van der Waals surface area contributed by atoms with E-state index in [9.17, 15) is 9.59 Å². The number of fused-ring (bicyclic) bond motifs is 2. The third kappa shape index (κ3) is 3.76. The van der Waals surface area contributed by atoms with Crippen LogP contribution in [0.15, 0.2) is 30.5 Å². The van der Waals surface area contributed by atoms with E-state index in [1.165, 1.54) is 24.2 Å². The molecular weight excluding hydrogens is 492 g/mol. The lowest BCUT2D eigenvalue weighted by Gasteiger charge is -2.31. The average Bonchev–Trinajstić information content (AvgIpc) is 3.08. The van der Waals surface area contributed by atoms with E-state index in [0.29, 0.717) is 17.5 Å². The molecule has 0 radical (unpaired) electrons. The molecule has 3 fully saturated rings. The Hall–Kier alpha value is -2.44. The van der Waals surface area contributed by atoms with Gasteiger partial charge in [-0.25, -0.2) is 0 Å². The normalized spacial score (nSPS) is 27.0. The molecule has 2 aromatic heterocycles. The van der Waals surface area contributed by atoms with Crippen LogP contribution in [0.2, 0.25) is 5.02 Å². The van der Waals surface area contributed by atoms with Crippen LogP contribution in [0, 0.1) is 30.1 Å². The number of thiophene rings is 1. The van der Waals surface area contributed by atoms with Crippen LogP contribution >= 0.6 is 22.9 Å². The van der Waals surface area contributed by atoms with Crippen molar-refractivity contribution in [2.75, 3.05) is 0 Å². The number of amides is 2. The molecule has 2 unspecified atom stereocenters. The molecule has 3 heterocycles. The Kier molecular flexibility index (Phi) is 5.69. The van der Waals surface area contributed by atoms with E-state index in [1.54, 1.807) is 17.5 Å². The Morgan fingerprint density at radius 2 is 1.83 bits per heavy atom. The number of aryl methyl sites for hydroxylation is 1. The molecule has 1 saturated heterocycles. The maximum atomic E-state index is 12.9. The highest BCUT2D eigenvalue weighted by atomic mass is 35.5. The molecular formula is C29H31ClN2O3S. The van der Waals surface area contributed by atoms with E-state index in [1.807, 2.05) is 45.0 Å². The predicted molar refractivity (Wildman–Crippen MR) is 143 cm³/mol. The highest BCUT2D eigenvalue weighted by Crippen LogP contribution is 2.63. The molecule has 3 aliphatic rings. The largest absolute Gasteiger partial charge is 0.489 e. The molecule has 4 atom stereocenters. The molecule has 2 aliphatic carbocycles. The molecule has 6 rings (SSSR count). The summed E-state index contributed by atoms with van der Waals surface area (Å²) in [6.45, 7) is 8.64. The number of halogens is 1. The third-order valence-electron chi connectivity index (χ3n) is 8.50. The first-order chi connectivity index (χ1) is 17.2. The van der Waals surface area contributed by atoms with Crippen LogP contribution in [0.3, 0.4) is 0 Å². The molecule has 7 heteroatoms. The number of hydrogen-bond acceptors (Lipinski definition) is 5. The summed E-state index contributed by atoms with van der Waals surface area (Å²) >= 11 is 8.12. The number of piperidine rings is 1. The lowest BCUT2D eigenvalue weighted by molar-refractivity contribution is -0.143. The Labute approximate surface area is 220 Å². The molecule has 1 aliphatic heterocycles. The van der Waals surface area contributed by atoms with Gasteiger partial charge in [-0.3, -0.25) is 19.5 Å². The Morgan fingerprint density at radius 1 is 1.11 bits per heavy atom. The van der Waals surface area contributed by atoms with Crippen molar-refractivity contribution in [2.45, 2.75) is 66.0 Å². The average molecular weight is 523 g/mol. The quantitative estimate of drug-likeness (QED) is 0.338. The molecule has 36 heavy (non-hydrogen) atoms. The fraction of sp³-hybridized carbons (Fsp3) is 0.483.